The van der Waals surface area contributed by atoms with Gasteiger partial charge in [0.1, 0.15) is 0 Å². The predicted molar refractivity (Wildman–Crippen MR) is 73.4 cm³/mol. The van der Waals surface area contributed by atoms with Crippen LogP contribution >= 0.6 is 11.3 Å². The van der Waals surface area contributed by atoms with Crippen molar-refractivity contribution in [3.63, 3.8) is 0 Å². The van der Waals surface area contributed by atoms with Gasteiger partial charge in [0.25, 0.3) is 11.5 Å². The summed E-state index contributed by atoms with van der Waals surface area (Å²) in [7, 11) is 0. The molecule has 0 fully saturated rings. The molecule has 2 aromatic rings. The first-order valence-corrected chi connectivity index (χ1v) is 6.75. The highest BCUT2D eigenvalue weighted by Gasteiger charge is 2.10. The van der Waals surface area contributed by atoms with Gasteiger partial charge in [-0.2, -0.15) is 11.3 Å². The number of hydrogen-bond donors (Lipinski definition) is 2. The Morgan fingerprint density at radius 3 is 2.95 bits per heavy atom. The van der Waals surface area contributed by atoms with Crippen molar-refractivity contribution in [3.05, 3.63) is 57.1 Å². The summed E-state index contributed by atoms with van der Waals surface area (Å²) < 4.78 is 1.40. The molecular formula is C13H14N2O3S. The van der Waals surface area contributed by atoms with Gasteiger partial charge in [0.15, 0.2) is 0 Å². The molecule has 2 aromatic heterocycles. The van der Waals surface area contributed by atoms with Crippen molar-refractivity contribution in [3.8, 4) is 0 Å². The zero-order chi connectivity index (χ0) is 13.7. The van der Waals surface area contributed by atoms with Gasteiger partial charge in [-0.3, -0.25) is 9.59 Å². The van der Waals surface area contributed by atoms with Crippen LogP contribution < -0.4 is 10.9 Å². The number of carbonyl (C=O) groups excluding carboxylic acids is 1. The van der Waals surface area contributed by atoms with Gasteiger partial charge in [-0.1, -0.05) is 6.07 Å². The van der Waals surface area contributed by atoms with Crippen molar-refractivity contribution in [2.24, 2.45) is 0 Å². The number of aliphatic hydroxyl groups excluding tert-OH is 1. The Hall–Kier alpha value is -1.92. The topological polar surface area (TPSA) is 71.3 Å². The van der Waals surface area contributed by atoms with E-state index in [4.69, 9.17) is 0 Å². The Morgan fingerprint density at radius 1 is 1.42 bits per heavy atom. The van der Waals surface area contributed by atoms with Crippen LogP contribution in [0.25, 0.3) is 0 Å². The molecular weight excluding hydrogens is 264 g/mol. The molecule has 2 heterocycles. The fraction of sp³-hybridized carbons (Fsp3) is 0.231. The third-order valence-electron chi connectivity index (χ3n) is 2.59. The number of aromatic nitrogens is 1. The van der Waals surface area contributed by atoms with Crippen molar-refractivity contribution in [1.82, 2.24) is 9.88 Å². The van der Waals surface area contributed by atoms with E-state index in [0.717, 1.165) is 0 Å². The van der Waals surface area contributed by atoms with Crippen LogP contribution in [-0.4, -0.2) is 28.2 Å². The van der Waals surface area contributed by atoms with Crippen LogP contribution in [0.4, 0.5) is 0 Å². The third-order valence-corrected chi connectivity index (χ3v) is 3.27. The Labute approximate surface area is 114 Å². The van der Waals surface area contributed by atoms with Gasteiger partial charge in [-0.25, -0.2) is 0 Å². The van der Waals surface area contributed by atoms with Gasteiger partial charge < -0.3 is 15.0 Å². The second kappa shape index (κ2) is 6.31. The maximum absolute atomic E-state index is 11.6. The first kappa shape index (κ1) is 13.5. The number of rotatable bonds is 5. The van der Waals surface area contributed by atoms with E-state index >= 15 is 0 Å². The molecule has 0 aliphatic carbocycles. The highest BCUT2D eigenvalue weighted by molar-refractivity contribution is 7.08. The average Bonchev–Trinajstić information content (AvgIpc) is 2.93. The van der Waals surface area contributed by atoms with Crippen LogP contribution in [0.3, 0.4) is 0 Å². The number of nitrogens with one attached hydrogen (secondary N) is 1. The van der Waals surface area contributed by atoms with Crippen LogP contribution in [0, 0.1) is 0 Å². The molecule has 0 aliphatic rings. The highest BCUT2D eigenvalue weighted by Crippen LogP contribution is 2.05. The van der Waals surface area contributed by atoms with Crippen LogP contribution in [0.2, 0.25) is 0 Å². The predicted octanol–water partition coefficient (Wildman–Crippen LogP) is 0.701. The standard InChI is InChI=1S/C13H14N2O3S/c16-11(8-15-5-2-1-3-12(15)17)7-14-13(18)10-4-6-19-9-10/h1-6,9,11,16H,7-8H2,(H,14,18). The molecule has 0 spiro atoms. The second-order valence-electron chi connectivity index (χ2n) is 4.07. The lowest BCUT2D eigenvalue weighted by molar-refractivity contribution is 0.0903. The van der Waals surface area contributed by atoms with E-state index in [1.54, 1.807) is 29.8 Å². The molecule has 6 heteroatoms. The van der Waals surface area contributed by atoms with Crippen molar-refractivity contribution in [2.75, 3.05) is 6.54 Å². The molecule has 1 amide bonds. The van der Waals surface area contributed by atoms with E-state index in [-0.39, 0.29) is 24.6 Å². The molecule has 0 radical (unpaired) electrons. The average molecular weight is 278 g/mol. The van der Waals surface area contributed by atoms with E-state index < -0.39 is 6.10 Å². The third kappa shape index (κ3) is 3.77. The molecule has 100 valence electrons. The molecule has 2 rings (SSSR count). The zero-order valence-corrected chi connectivity index (χ0v) is 11.0. The number of carbonyl (C=O) groups is 1. The molecule has 2 N–H and O–H groups in total. The van der Waals surface area contributed by atoms with Gasteiger partial charge in [0, 0.05) is 29.8 Å². The maximum Gasteiger partial charge on any atom is 0.252 e. The number of nitrogens with zero attached hydrogens (tertiary/aromatic N) is 1. The van der Waals surface area contributed by atoms with Crippen LogP contribution in [0.15, 0.2) is 46.0 Å². The van der Waals surface area contributed by atoms with Gasteiger partial charge in [0.05, 0.1) is 12.6 Å². The monoisotopic (exact) mass is 278 g/mol. The lowest BCUT2D eigenvalue weighted by atomic mass is 10.3. The maximum atomic E-state index is 11.6. The molecule has 5 nitrogen and oxygen atoms in total. The van der Waals surface area contributed by atoms with E-state index in [1.807, 2.05) is 5.38 Å². The quantitative estimate of drug-likeness (QED) is 0.845. The lowest BCUT2D eigenvalue weighted by Crippen LogP contribution is -2.36. The first-order chi connectivity index (χ1) is 9.16. The van der Waals surface area contributed by atoms with E-state index in [2.05, 4.69) is 5.32 Å². The number of thiophene rings is 1. The Kier molecular flexibility index (Phi) is 4.48. The molecule has 0 aromatic carbocycles. The molecule has 0 bridgehead atoms. The molecule has 0 saturated heterocycles. The summed E-state index contributed by atoms with van der Waals surface area (Å²) in [5.74, 6) is -0.222. The van der Waals surface area contributed by atoms with Crippen molar-refractivity contribution >= 4 is 17.2 Å². The molecule has 1 unspecified atom stereocenters. The summed E-state index contributed by atoms with van der Waals surface area (Å²) in [6.45, 7) is 0.263. The Balaban J connectivity index is 1.85. The van der Waals surface area contributed by atoms with Gasteiger partial charge >= 0.3 is 0 Å². The number of aliphatic hydroxyl groups is 1. The van der Waals surface area contributed by atoms with Gasteiger partial charge in [0.2, 0.25) is 0 Å². The molecule has 1 atom stereocenters. The summed E-state index contributed by atoms with van der Waals surface area (Å²) in [4.78, 5) is 23.1. The minimum Gasteiger partial charge on any atom is -0.389 e. The van der Waals surface area contributed by atoms with Gasteiger partial charge in [-0.05, 0) is 17.5 Å². The van der Waals surface area contributed by atoms with Crippen LogP contribution in [0.1, 0.15) is 10.4 Å². The summed E-state index contributed by atoms with van der Waals surface area (Å²) in [5.41, 5.74) is 0.403. The minimum absolute atomic E-state index is 0.107. The van der Waals surface area contributed by atoms with Crippen molar-refractivity contribution in [2.45, 2.75) is 12.6 Å². The fourth-order valence-corrected chi connectivity index (χ4v) is 2.25. The number of pyridine rings is 1. The molecule has 0 saturated carbocycles. The van der Waals surface area contributed by atoms with Gasteiger partial charge in [-0.15, -0.1) is 0 Å². The van der Waals surface area contributed by atoms with Crippen LogP contribution in [0.5, 0.6) is 0 Å². The summed E-state index contributed by atoms with van der Waals surface area (Å²) in [5, 5.41) is 16.0. The lowest BCUT2D eigenvalue weighted by Gasteiger charge is -2.13. The van der Waals surface area contributed by atoms with Crippen molar-refractivity contribution < 1.29 is 9.90 Å². The Morgan fingerprint density at radius 2 is 2.26 bits per heavy atom. The fourth-order valence-electron chi connectivity index (χ4n) is 1.61. The normalized spacial score (nSPS) is 12.1. The molecule has 0 aliphatic heterocycles. The molecule has 19 heavy (non-hydrogen) atoms. The second-order valence-corrected chi connectivity index (χ2v) is 4.85. The SMILES string of the molecule is O=C(NCC(O)Cn1ccccc1=O)c1ccsc1. The first-order valence-electron chi connectivity index (χ1n) is 5.81. The Bertz CT molecular complexity index is 592. The largest absolute Gasteiger partial charge is 0.389 e. The van der Waals surface area contributed by atoms with E-state index in [9.17, 15) is 14.7 Å². The zero-order valence-electron chi connectivity index (χ0n) is 10.2. The van der Waals surface area contributed by atoms with E-state index in [1.165, 1.54) is 22.0 Å². The summed E-state index contributed by atoms with van der Waals surface area (Å²) in [6.07, 6.45) is 0.800. The highest BCUT2D eigenvalue weighted by atomic mass is 32.1. The summed E-state index contributed by atoms with van der Waals surface area (Å²) in [6, 6.07) is 6.51. The summed E-state index contributed by atoms with van der Waals surface area (Å²) >= 11 is 1.44. The number of hydrogen-bond acceptors (Lipinski definition) is 4. The van der Waals surface area contributed by atoms with Crippen molar-refractivity contribution in [1.29, 1.82) is 0 Å². The number of amides is 1. The van der Waals surface area contributed by atoms with Crippen LogP contribution in [-0.2, 0) is 6.54 Å². The van der Waals surface area contributed by atoms with E-state index in [0.29, 0.717) is 5.56 Å². The minimum atomic E-state index is -0.803. The smallest absolute Gasteiger partial charge is 0.252 e.